The summed E-state index contributed by atoms with van der Waals surface area (Å²) in [5, 5.41) is 0.972. The van der Waals surface area contributed by atoms with E-state index in [9.17, 15) is 115 Å². The molecule has 0 radical (unpaired) electrons. The van der Waals surface area contributed by atoms with Crippen LogP contribution >= 0.6 is 0 Å². The molecule has 1 heterocycles. The lowest BCUT2D eigenvalue weighted by Gasteiger charge is -2.46. The van der Waals surface area contributed by atoms with Gasteiger partial charge in [-0.2, -0.15) is 132 Å². The lowest BCUT2D eigenvalue weighted by molar-refractivity contribution is -0.661. The topological polar surface area (TPSA) is 30.2 Å². The van der Waals surface area contributed by atoms with E-state index in [1.54, 1.807) is 41.0 Å². The summed E-state index contributed by atoms with van der Waals surface area (Å²) in [5.41, 5.74) is -28.7. The van der Waals surface area contributed by atoms with E-state index in [4.69, 9.17) is 4.74 Å². The average Bonchev–Trinajstić information content (AvgIpc) is 1.21. The second-order valence-corrected chi connectivity index (χ2v) is 18.4. The molecule has 1 aromatic heterocycles. The van der Waals surface area contributed by atoms with Crippen molar-refractivity contribution in [3.8, 4) is 11.6 Å². The number of nitrogens with zero attached hydrogens (tertiary/aromatic N) is 1. The molecule has 0 unspecified atom stereocenters. The zero-order valence-corrected chi connectivity index (χ0v) is 41.1. The number of ether oxygens (including phenoxy) is 1. The molecule has 0 spiro atoms. The molecule has 0 saturated heterocycles. The molecule has 0 aliphatic heterocycles. The second-order valence-electron chi connectivity index (χ2n) is 18.4. The van der Waals surface area contributed by atoms with Crippen LogP contribution in [0.5, 0.6) is 11.6 Å². The van der Waals surface area contributed by atoms with Gasteiger partial charge in [-0.15, -0.1) is 0 Å². The number of hydrogen-bond donors (Lipinski definition) is 0. The first-order valence-corrected chi connectivity index (χ1v) is 23.3. The maximum Gasteiger partial charge on any atom is 0.416 e. The van der Waals surface area contributed by atoms with Crippen LogP contribution in [0.25, 0.3) is 10.9 Å². The van der Waals surface area contributed by atoms with Gasteiger partial charge in [0.25, 0.3) is 0 Å². The predicted octanol–water partition coefficient (Wildman–Crippen LogP) is 16.2. The van der Waals surface area contributed by atoms with Crippen LogP contribution in [0.4, 0.5) is 110 Å². The van der Waals surface area contributed by atoms with Gasteiger partial charge in [-0.25, -0.2) is 4.39 Å². The van der Waals surface area contributed by atoms with E-state index in [1.807, 2.05) is 48.5 Å². The maximum atomic E-state index is 14.2. The third-order valence-electron chi connectivity index (χ3n) is 12.8. The molecular formula is C55H29BF25NO2. The van der Waals surface area contributed by atoms with Crippen molar-refractivity contribution in [1.29, 1.82) is 0 Å². The van der Waals surface area contributed by atoms with E-state index >= 15 is 0 Å². The zero-order chi connectivity index (χ0) is 62.6. The molecule has 7 aromatic carbocycles. The second kappa shape index (κ2) is 22.4. The molecule has 0 N–H and O–H groups in total. The van der Waals surface area contributed by atoms with Crippen molar-refractivity contribution >= 4 is 44.7 Å². The van der Waals surface area contributed by atoms with Crippen molar-refractivity contribution < 1.29 is 124 Å². The fourth-order valence-electron chi connectivity index (χ4n) is 9.07. The minimum atomic E-state index is -6.13. The third-order valence-corrected chi connectivity index (χ3v) is 12.8. The number of rotatable bonds is 9. The molecule has 0 aliphatic carbocycles. The van der Waals surface area contributed by atoms with Gasteiger partial charge in [0.15, 0.2) is 11.6 Å². The Bertz CT molecular complexity index is 3290. The Labute approximate surface area is 455 Å². The van der Waals surface area contributed by atoms with Gasteiger partial charge >= 0.3 is 55.3 Å². The zero-order valence-electron chi connectivity index (χ0n) is 41.1. The van der Waals surface area contributed by atoms with E-state index in [0.717, 1.165) is 10.9 Å². The number of halogens is 25. The number of ketones is 1. The van der Waals surface area contributed by atoms with Crippen LogP contribution in [0.1, 0.15) is 54.9 Å². The van der Waals surface area contributed by atoms with Gasteiger partial charge in [0.1, 0.15) is 6.15 Å². The number of hydrogen-bond acceptors (Lipinski definition) is 2. The van der Waals surface area contributed by atoms with Gasteiger partial charge in [0.2, 0.25) is 17.8 Å². The number of Topliss-reactive ketones (excluding diaryl/α,β-unsaturated/α-hetero) is 1. The quantitative estimate of drug-likeness (QED) is 0.0624. The van der Waals surface area contributed by atoms with Crippen molar-refractivity contribution in [3.63, 3.8) is 0 Å². The van der Waals surface area contributed by atoms with Crippen molar-refractivity contribution in [2.45, 2.75) is 56.0 Å². The fraction of sp³-hybridized carbons (Fsp3) is 0.164. The van der Waals surface area contributed by atoms with Crippen molar-refractivity contribution in [3.05, 3.63) is 220 Å². The molecule has 3 nitrogen and oxygen atoms in total. The van der Waals surface area contributed by atoms with Crippen molar-refractivity contribution in [2.75, 3.05) is 0 Å². The highest BCUT2D eigenvalue weighted by molar-refractivity contribution is 7.20. The Morgan fingerprint density at radius 3 is 0.976 bits per heavy atom. The summed E-state index contributed by atoms with van der Waals surface area (Å²) in [4.78, 5) is 12.8. The van der Waals surface area contributed by atoms with Crippen molar-refractivity contribution in [1.82, 2.24) is 0 Å². The number of fused-ring (bicyclic) bond motifs is 1. The Balaban J connectivity index is 0.000000309. The largest absolute Gasteiger partial charge is 0.416 e. The molecule has 0 amide bonds. The molecule has 0 aliphatic rings. The van der Waals surface area contributed by atoms with Crippen LogP contribution in [0.2, 0.25) is 0 Å². The molecule has 0 atom stereocenters. The van der Waals surface area contributed by atoms with E-state index in [2.05, 4.69) is 0 Å². The minimum Gasteiger partial charge on any atom is -0.402 e. The molecule has 444 valence electrons. The number of pyridine rings is 1. The molecule has 8 aromatic rings. The van der Waals surface area contributed by atoms with Gasteiger partial charge in [0, 0.05) is 17.0 Å². The van der Waals surface area contributed by atoms with Crippen LogP contribution in [0, 0.1) is 5.82 Å². The SMILES string of the molecule is FC(F)(F)c1cc([B-](c2cc(C(F)(F)F)cc(C(F)(F)F)c2)(c2cc(C(F)(F)F)cc(C(F)(F)F)c2)c2cc(C(F)(F)F)cc(C(F)(F)F)c2)cc(C(F)(F)F)c1.O=C(C[n+]1c(Oc2ccccc2F)ccc2ccccc21)c1ccccc1. The summed E-state index contributed by atoms with van der Waals surface area (Å²) < 4.78 is 362. The van der Waals surface area contributed by atoms with E-state index in [1.165, 1.54) is 6.07 Å². The monoisotopic (exact) mass is 1220 g/mol. The van der Waals surface area contributed by atoms with Crippen LogP contribution in [-0.4, -0.2) is 11.9 Å². The van der Waals surface area contributed by atoms with Crippen LogP contribution < -0.4 is 31.2 Å². The van der Waals surface area contributed by atoms with Gasteiger partial charge < -0.3 is 4.74 Å². The van der Waals surface area contributed by atoms with Crippen LogP contribution in [-0.2, 0) is 56.0 Å². The minimum absolute atomic E-state index is 0.0460. The molecule has 0 bridgehead atoms. The standard InChI is InChI=1S/C32H12BF24.C23H17FNO2/c34-25(35,36)13-1-14(26(37,38)39)6-21(5-13)33(22-7-15(27(40,41)42)2-16(8-22)28(43,44)45,23-9-17(29(46,47)48)3-18(10-23)30(49,50)51)24-11-19(31(52,53)54)4-20(12-24)32(55,56)57;24-19-11-5-7-13-22(19)27-23-15-14-17-8-4-6-12-20(17)25(23)16-21(26)18-9-2-1-3-10-18/h1-12H;1-15H,16H2/q-1;+1. The predicted molar refractivity (Wildman–Crippen MR) is 251 cm³/mol. The van der Waals surface area contributed by atoms with Gasteiger partial charge in [-0.05, 0) is 48.5 Å². The number of para-hydroxylation sites is 2. The number of benzene rings is 7. The fourth-order valence-corrected chi connectivity index (χ4v) is 9.07. The van der Waals surface area contributed by atoms with Crippen molar-refractivity contribution in [2.24, 2.45) is 0 Å². The highest BCUT2D eigenvalue weighted by Gasteiger charge is 2.47. The lowest BCUT2D eigenvalue weighted by atomic mass is 9.12. The highest BCUT2D eigenvalue weighted by atomic mass is 19.4. The first-order chi connectivity index (χ1) is 38.5. The summed E-state index contributed by atoms with van der Waals surface area (Å²) in [5.74, 6) is 0.0266. The number of carbonyl (C=O) groups excluding carboxylic acids is 1. The summed E-state index contributed by atoms with van der Waals surface area (Å²) in [6.07, 6.45) is -54.8. The van der Waals surface area contributed by atoms with E-state index in [0.29, 0.717) is 11.4 Å². The molecule has 8 rings (SSSR count). The molecular weight excluding hydrogens is 1190 g/mol. The molecule has 84 heavy (non-hydrogen) atoms. The summed E-state index contributed by atoms with van der Waals surface area (Å²) in [6.45, 7) is 0.0924. The summed E-state index contributed by atoms with van der Waals surface area (Å²) >= 11 is 0. The number of carbonyl (C=O) groups is 1. The molecule has 0 saturated carbocycles. The van der Waals surface area contributed by atoms with Gasteiger partial charge in [-0.1, -0.05) is 103 Å². The summed E-state index contributed by atoms with van der Waals surface area (Å²) in [6, 6.07) is 17.9. The third kappa shape index (κ3) is 14.0. The first-order valence-electron chi connectivity index (χ1n) is 23.3. The Morgan fingerprint density at radius 2 is 0.655 bits per heavy atom. The Morgan fingerprint density at radius 1 is 0.357 bits per heavy atom. The molecule has 29 heteroatoms. The van der Waals surface area contributed by atoms with E-state index in [-0.39, 0.29) is 18.1 Å². The Hall–Kier alpha value is -8.27. The highest BCUT2D eigenvalue weighted by Crippen LogP contribution is 2.42. The van der Waals surface area contributed by atoms with Crippen LogP contribution in [0.15, 0.2) is 164 Å². The normalized spacial score (nSPS) is 13.2. The smallest absolute Gasteiger partial charge is 0.402 e. The summed E-state index contributed by atoms with van der Waals surface area (Å²) in [7, 11) is 0. The van der Waals surface area contributed by atoms with Gasteiger partial charge in [0.05, 0.1) is 50.6 Å². The number of aromatic nitrogens is 1. The van der Waals surface area contributed by atoms with Crippen LogP contribution in [0.3, 0.4) is 0 Å². The Kier molecular flexibility index (Phi) is 16.9. The first kappa shape index (κ1) is 63.3. The maximum absolute atomic E-state index is 14.2. The lowest BCUT2D eigenvalue weighted by Crippen LogP contribution is -2.75. The van der Waals surface area contributed by atoms with Gasteiger partial charge in [-0.3, -0.25) is 4.79 Å². The number of alkyl halides is 24. The average molecular weight is 1220 g/mol. The molecule has 0 fully saturated rings. The van der Waals surface area contributed by atoms with E-state index < -0.39 is 201 Å².